The fourth-order valence-electron chi connectivity index (χ4n) is 1.83. The minimum absolute atomic E-state index is 0.123. The number of rotatable bonds is 4. The average molecular weight is 346 g/mol. The summed E-state index contributed by atoms with van der Waals surface area (Å²) < 4.78 is 0. The summed E-state index contributed by atoms with van der Waals surface area (Å²) in [6.45, 7) is 0. The minimum atomic E-state index is -0.645. The highest BCUT2D eigenvalue weighted by Gasteiger charge is 2.11. The van der Waals surface area contributed by atoms with Crippen molar-refractivity contribution in [2.75, 3.05) is 0 Å². The van der Waals surface area contributed by atoms with E-state index >= 15 is 0 Å². The van der Waals surface area contributed by atoms with Crippen LogP contribution in [0.25, 0.3) is 6.08 Å². The maximum absolute atomic E-state index is 11.9. The zero-order valence-corrected chi connectivity index (χ0v) is 13.0. The van der Waals surface area contributed by atoms with Crippen LogP contribution in [0.3, 0.4) is 0 Å². The highest BCUT2D eigenvalue weighted by Crippen LogP contribution is 2.18. The van der Waals surface area contributed by atoms with E-state index in [-0.39, 0.29) is 21.8 Å². The highest BCUT2D eigenvalue weighted by molar-refractivity contribution is 6.33. The number of benzene rings is 2. The third kappa shape index (κ3) is 4.40. The maximum Gasteiger partial charge on any atom is 0.276 e. The van der Waals surface area contributed by atoms with Gasteiger partial charge in [0, 0.05) is 12.1 Å². The van der Waals surface area contributed by atoms with Crippen LogP contribution < -0.4 is 10.9 Å². The number of carbonyl (C=O) groups is 2. The Morgan fingerprint density at radius 3 is 2.42 bits per heavy atom. The molecule has 24 heavy (non-hydrogen) atoms. The number of hydrazine groups is 1. The van der Waals surface area contributed by atoms with Crippen molar-refractivity contribution < 1.29 is 14.5 Å². The van der Waals surface area contributed by atoms with E-state index in [2.05, 4.69) is 10.9 Å². The summed E-state index contributed by atoms with van der Waals surface area (Å²) in [5.74, 6) is -1.22. The molecule has 0 aromatic heterocycles. The molecule has 0 fully saturated rings. The van der Waals surface area contributed by atoms with E-state index in [0.29, 0.717) is 0 Å². The van der Waals surface area contributed by atoms with E-state index in [1.54, 1.807) is 24.3 Å². The van der Waals surface area contributed by atoms with Gasteiger partial charge < -0.3 is 0 Å². The van der Waals surface area contributed by atoms with E-state index in [0.717, 1.165) is 6.08 Å². The van der Waals surface area contributed by atoms with Gasteiger partial charge >= 0.3 is 0 Å². The van der Waals surface area contributed by atoms with E-state index in [1.165, 1.54) is 30.3 Å². The first-order chi connectivity index (χ1) is 11.5. The van der Waals surface area contributed by atoms with Crippen molar-refractivity contribution in [2.45, 2.75) is 0 Å². The number of halogens is 1. The molecule has 0 saturated carbocycles. The van der Waals surface area contributed by atoms with Gasteiger partial charge in [-0.3, -0.25) is 30.6 Å². The van der Waals surface area contributed by atoms with Gasteiger partial charge in [0.15, 0.2) is 0 Å². The molecule has 2 amide bonds. The average Bonchev–Trinajstić information content (AvgIpc) is 2.58. The zero-order valence-electron chi connectivity index (χ0n) is 12.2. The molecule has 0 radical (unpaired) electrons. The molecule has 2 N–H and O–H groups in total. The molecule has 2 rings (SSSR count). The summed E-state index contributed by atoms with van der Waals surface area (Å²) in [7, 11) is 0. The van der Waals surface area contributed by atoms with Crippen molar-refractivity contribution in [3.05, 3.63) is 80.9 Å². The number of nitrogens with zero attached hydrogens (tertiary/aromatic N) is 1. The quantitative estimate of drug-likeness (QED) is 0.505. The number of hydrogen-bond donors (Lipinski definition) is 2. The van der Waals surface area contributed by atoms with Gasteiger partial charge in [0.2, 0.25) is 0 Å². The number of carbonyl (C=O) groups excluding carboxylic acids is 2. The summed E-state index contributed by atoms with van der Waals surface area (Å²) in [4.78, 5) is 33.9. The van der Waals surface area contributed by atoms with Crippen LogP contribution in [0.5, 0.6) is 0 Å². The SMILES string of the molecule is O=C(/C=C/c1ccccc1[N+](=O)[O-])NNC(=O)c1ccccc1Cl. The maximum atomic E-state index is 11.9. The molecule has 2 aromatic carbocycles. The van der Waals surface area contributed by atoms with E-state index in [4.69, 9.17) is 11.6 Å². The largest absolute Gasteiger partial charge is 0.276 e. The van der Waals surface area contributed by atoms with Crippen LogP contribution in [0.4, 0.5) is 5.69 Å². The molecule has 2 aromatic rings. The Kier molecular flexibility index (Phi) is 5.64. The smallest absolute Gasteiger partial charge is 0.268 e. The molecular formula is C16H12ClN3O4. The molecular weight excluding hydrogens is 334 g/mol. The number of para-hydroxylation sites is 1. The van der Waals surface area contributed by atoms with Gasteiger partial charge in [-0.05, 0) is 24.3 Å². The summed E-state index contributed by atoms with van der Waals surface area (Å²) in [5, 5.41) is 11.1. The molecule has 0 atom stereocenters. The second kappa shape index (κ2) is 7.89. The van der Waals surface area contributed by atoms with Gasteiger partial charge in [-0.2, -0.15) is 0 Å². The normalized spacial score (nSPS) is 10.4. The first-order valence-corrected chi connectivity index (χ1v) is 7.13. The lowest BCUT2D eigenvalue weighted by Crippen LogP contribution is -2.40. The lowest BCUT2D eigenvalue weighted by Gasteiger charge is -2.06. The Balaban J connectivity index is 1.98. The molecule has 0 saturated heterocycles. The second-order valence-corrected chi connectivity index (χ2v) is 4.98. The Morgan fingerprint density at radius 2 is 1.71 bits per heavy atom. The molecule has 0 heterocycles. The molecule has 0 spiro atoms. The Morgan fingerprint density at radius 1 is 1.04 bits per heavy atom. The predicted octanol–water partition coefficient (Wildman–Crippen LogP) is 2.72. The molecule has 122 valence electrons. The first kappa shape index (κ1) is 17.2. The van der Waals surface area contributed by atoms with Gasteiger partial charge in [0.1, 0.15) is 0 Å². The number of hydrogen-bond acceptors (Lipinski definition) is 4. The van der Waals surface area contributed by atoms with Crippen molar-refractivity contribution in [1.29, 1.82) is 0 Å². The van der Waals surface area contributed by atoms with E-state index in [1.807, 2.05) is 0 Å². The Labute approximate surface area is 142 Å². The lowest BCUT2D eigenvalue weighted by atomic mass is 10.1. The third-order valence-corrected chi connectivity index (χ3v) is 3.30. The van der Waals surface area contributed by atoms with Crippen LogP contribution in [-0.4, -0.2) is 16.7 Å². The van der Waals surface area contributed by atoms with Crippen LogP contribution in [0.15, 0.2) is 54.6 Å². The van der Waals surface area contributed by atoms with Crippen LogP contribution in [0.1, 0.15) is 15.9 Å². The van der Waals surface area contributed by atoms with Gasteiger partial charge in [0.25, 0.3) is 17.5 Å². The molecule has 0 aliphatic rings. The van der Waals surface area contributed by atoms with E-state index < -0.39 is 16.7 Å². The zero-order chi connectivity index (χ0) is 17.5. The summed E-state index contributed by atoms with van der Waals surface area (Å²) in [6.07, 6.45) is 2.37. The fourth-order valence-corrected chi connectivity index (χ4v) is 2.05. The lowest BCUT2D eigenvalue weighted by molar-refractivity contribution is -0.385. The molecule has 0 aliphatic carbocycles. The van der Waals surface area contributed by atoms with Crippen molar-refractivity contribution in [1.82, 2.24) is 10.9 Å². The molecule has 0 unspecified atom stereocenters. The number of nitro groups is 1. The standard InChI is InChI=1S/C16H12ClN3O4/c17-13-7-3-2-6-12(13)16(22)19-18-15(21)10-9-11-5-1-4-8-14(11)20(23)24/h1-10H,(H,18,21)(H,19,22)/b10-9+. The van der Waals surface area contributed by atoms with Crippen LogP contribution >= 0.6 is 11.6 Å². The third-order valence-electron chi connectivity index (χ3n) is 2.97. The minimum Gasteiger partial charge on any atom is -0.268 e. The van der Waals surface area contributed by atoms with Crippen LogP contribution in [-0.2, 0) is 4.79 Å². The van der Waals surface area contributed by atoms with Crippen molar-refractivity contribution in [2.24, 2.45) is 0 Å². The van der Waals surface area contributed by atoms with Gasteiger partial charge in [-0.1, -0.05) is 35.9 Å². The Bertz CT molecular complexity index is 820. The van der Waals surface area contributed by atoms with Crippen molar-refractivity contribution in [3.63, 3.8) is 0 Å². The number of nitro benzene ring substituents is 1. The van der Waals surface area contributed by atoms with Gasteiger partial charge in [0.05, 0.1) is 21.1 Å². The fraction of sp³-hybridized carbons (Fsp3) is 0. The molecule has 8 heteroatoms. The molecule has 0 bridgehead atoms. The second-order valence-electron chi connectivity index (χ2n) is 4.57. The predicted molar refractivity (Wildman–Crippen MR) is 89.2 cm³/mol. The summed E-state index contributed by atoms with van der Waals surface area (Å²) in [5.41, 5.74) is 4.74. The monoisotopic (exact) mass is 345 g/mol. The van der Waals surface area contributed by atoms with Gasteiger partial charge in [-0.15, -0.1) is 0 Å². The summed E-state index contributed by atoms with van der Waals surface area (Å²) >= 11 is 5.87. The highest BCUT2D eigenvalue weighted by atomic mass is 35.5. The summed E-state index contributed by atoms with van der Waals surface area (Å²) in [6, 6.07) is 12.3. The number of amides is 2. The van der Waals surface area contributed by atoms with Crippen LogP contribution in [0, 0.1) is 10.1 Å². The van der Waals surface area contributed by atoms with Crippen molar-refractivity contribution >= 4 is 35.2 Å². The Hall–Kier alpha value is -3.19. The first-order valence-electron chi connectivity index (χ1n) is 6.75. The van der Waals surface area contributed by atoms with Crippen molar-refractivity contribution in [3.8, 4) is 0 Å². The van der Waals surface area contributed by atoms with Gasteiger partial charge in [-0.25, -0.2) is 0 Å². The number of nitrogens with one attached hydrogen (secondary N) is 2. The van der Waals surface area contributed by atoms with E-state index in [9.17, 15) is 19.7 Å². The van der Waals surface area contributed by atoms with Crippen LogP contribution in [0.2, 0.25) is 5.02 Å². The topological polar surface area (TPSA) is 101 Å². The molecule has 7 nitrogen and oxygen atoms in total. The molecule has 0 aliphatic heterocycles.